The van der Waals surface area contributed by atoms with Crippen molar-refractivity contribution in [2.45, 2.75) is 26.8 Å². The van der Waals surface area contributed by atoms with Crippen molar-refractivity contribution in [3.8, 4) is 6.07 Å². The number of alkyl halides is 3. The second kappa shape index (κ2) is 8.53. The fourth-order valence-electron chi connectivity index (χ4n) is 3.46. The first-order valence-electron chi connectivity index (χ1n) is 9.11. The molecule has 0 bridgehead atoms. The molecule has 0 spiro atoms. The van der Waals surface area contributed by atoms with E-state index >= 15 is 0 Å². The molecule has 33 heavy (non-hydrogen) atoms. The van der Waals surface area contributed by atoms with Gasteiger partial charge in [0.2, 0.25) is 10.0 Å². The van der Waals surface area contributed by atoms with Gasteiger partial charge in [-0.15, -0.1) is 0 Å². The van der Waals surface area contributed by atoms with Crippen LogP contribution in [-0.4, -0.2) is 61.9 Å². The largest absolute Gasteiger partial charge is 0.416 e. The predicted octanol–water partition coefficient (Wildman–Crippen LogP) is 1.80. The second-order valence-electron chi connectivity index (χ2n) is 7.37. The van der Waals surface area contributed by atoms with E-state index in [1.54, 1.807) is 0 Å². The number of nitriles is 1. The summed E-state index contributed by atoms with van der Waals surface area (Å²) in [5, 5.41) is 26.8. The smallest absolute Gasteiger partial charge is 0.393 e. The van der Waals surface area contributed by atoms with Crippen molar-refractivity contribution in [2.24, 2.45) is 0 Å². The lowest BCUT2D eigenvalue weighted by atomic mass is 10.1. The van der Waals surface area contributed by atoms with Gasteiger partial charge < -0.3 is 10.2 Å². The summed E-state index contributed by atoms with van der Waals surface area (Å²) in [6, 6.07) is 8.04. The molecule has 14 heteroatoms. The molecule has 1 heterocycles. The number of β-amino-alcohol motifs (C(OH)–C–C–N with tert-alkyl or cyclic N) is 1. The van der Waals surface area contributed by atoms with Gasteiger partial charge in [-0.3, -0.25) is 0 Å². The van der Waals surface area contributed by atoms with E-state index < -0.39 is 72.1 Å². The van der Waals surface area contributed by atoms with Crippen LogP contribution in [0.4, 0.5) is 13.2 Å². The first-order chi connectivity index (χ1) is 15.2. The SMILES string of the molecule is N#Cc1ccc(S(=O)(=O)[C@H]2CN(S(=O)(=O)c3ccc(C(F)(F)F)cc3Cl)C[C@]2(O)CO)cc1. The third-order valence-electron chi connectivity index (χ3n) is 5.26. The minimum absolute atomic E-state index is 0.166. The van der Waals surface area contributed by atoms with Crippen LogP contribution >= 0.6 is 11.6 Å². The van der Waals surface area contributed by atoms with E-state index in [-0.39, 0.29) is 10.5 Å². The third-order valence-corrected chi connectivity index (χ3v) is 9.82. The predicted molar refractivity (Wildman–Crippen MR) is 109 cm³/mol. The maximum absolute atomic E-state index is 13.1. The Bertz CT molecular complexity index is 1320. The van der Waals surface area contributed by atoms with Crippen LogP contribution < -0.4 is 0 Å². The summed E-state index contributed by atoms with van der Waals surface area (Å²) >= 11 is 5.79. The lowest BCUT2D eigenvalue weighted by Crippen LogP contribution is -2.49. The lowest BCUT2D eigenvalue weighted by molar-refractivity contribution is -0.137. The quantitative estimate of drug-likeness (QED) is 0.608. The zero-order valence-corrected chi connectivity index (χ0v) is 18.9. The molecule has 0 saturated carbocycles. The van der Waals surface area contributed by atoms with Gasteiger partial charge in [-0.2, -0.15) is 22.7 Å². The summed E-state index contributed by atoms with van der Waals surface area (Å²) in [6.45, 7) is -2.75. The van der Waals surface area contributed by atoms with Crippen LogP contribution in [0.3, 0.4) is 0 Å². The molecular weight excluding hydrogens is 509 g/mol. The zero-order valence-electron chi connectivity index (χ0n) is 16.5. The fraction of sp³-hybridized carbons (Fsp3) is 0.316. The van der Waals surface area contributed by atoms with E-state index in [1.165, 1.54) is 12.1 Å². The Morgan fingerprint density at radius 1 is 1.15 bits per heavy atom. The van der Waals surface area contributed by atoms with Gasteiger partial charge in [0, 0.05) is 13.1 Å². The highest BCUT2D eigenvalue weighted by Gasteiger charge is 2.55. The highest BCUT2D eigenvalue weighted by atomic mass is 35.5. The maximum Gasteiger partial charge on any atom is 0.416 e. The number of sulfonamides is 1. The first-order valence-corrected chi connectivity index (χ1v) is 12.5. The Kier molecular flexibility index (Phi) is 6.57. The molecule has 178 valence electrons. The average Bonchev–Trinajstić information content (AvgIpc) is 3.12. The molecule has 0 aliphatic carbocycles. The highest BCUT2D eigenvalue weighted by Crippen LogP contribution is 2.38. The van der Waals surface area contributed by atoms with Gasteiger partial charge in [0.05, 0.1) is 33.7 Å². The molecule has 0 radical (unpaired) electrons. The molecule has 1 aliphatic rings. The Labute approximate surface area is 192 Å². The Hall–Kier alpha value is -2.21. The van der Waals surface area contributed by atoms with Crippen molar-refractivity contribution in [3.05, 3.63) is 58.6 Å². The number of halogens is 4. The number of aliphatic hydroxyl groups excluding tert-OH is 1. The fourth-order valence-corrected chi connectivity index (χ4v) is 7.53. The van der Waals surface area contributed by atoms with Gasteiger partial charge in [-0.1, -0.05) is 11.6 Å². The normalized spacial score (nSPS) is 22.3. The number of rotatable bonds is 5. The molecule has 2 N–H and O–H groups in total. The lowest BCUT2D eigenvalue weighted by Gasteiger charge is -2.26. The van der Waals surface area contributed by atoms with Crippen molar-refractivity contribution in [1.82, 2.24) is 4.31 Å². The van der Waals surface area contributed by atoms with E-state index in [0.717, 1.165) is 12.1 Å². The molecule has 3 rings (SSSR count). The Morgan fingerprint density at radius 2 is 1.76 bits per heavy atom. The van der Waals surface area contributed by atoms with Crippen molar-refractivity contribution in [3.63, 3.8) is 0 Å². The second-order valence-corrected chi connectivity index (χ2v) is 11.8. The average molecular weight is 525 g/mol. The summed E-state index contributed by atoms with van der Waals surface area (Å²) in [5.41, 5.74) is -3.42. The molecule has 1 saturated heterocycles. The molecule has 0 amide bonds. The Balaban J connectivity index is 2.01. The van der Waals surface area contributed by atoms with Crippen molar-refractivity contribution < 1.29 is 40.2 Å². The molecule has 2 atom stereocenters. The standard InChI is InChI=1S/C19H16ClF3N2O6S2/c20-15-7-13(19(21,22)23)3-6-16(15)33(30,31)25-9-17(18(27,10-25)11-26)32(28,29)14-4-1-12(8-24)2-5-14/h1-7,17,26-27H,9-11H2/t17-,18-/m0/s1. The first kappa shape index (κ1) is 25.4. The van der Waals surface area contributed by atoms with E-state index in [0.29, 0.717) is 22.5 Å². The van der Waals surface area contributed by atoms with Gasteiger partial charge in [0.1, 0.15) is 15.7 Å². The number of hydrogen-bond acceptors (Lipinski definition) is 7. The Morgan fingerprint density at radius 3 is 2.24 bits per heavy atom. The summed E-state index contributed by atoms with van der Waals surface area (Å²) in [5.74, 6) is 0. The highest BCUT2D eigenvalue weighted by molar-refractivity contribution is 7.92. The van der Waals surface area contributed by atoms with Crippen LogP contribution in [0.25, 0.3) is 0 Å². The van der Waals surface area contributed by atoms with E-state index in [9.17, 15) is 40.2 Å². The number of nitrogens with zero attached hydrogens (tertiary/aromatic N) is 2. The van der Waals surface area contributed by atoms with Crippen LogP contribution in [0.1, 0.15) is 11.1 Å². The van der Waals surface area contributed by atoms with Crippen molar-refractivity contribution in [2.75, 3.05) is 19.7 Å². The van der Waals surface area contributed by atoms with E-state index in [2.05, 4.69) is 0 Å². The van der Waals surface area contributed by atoms with Gasteiger partial charge in [-0.25, -0.2) is 16.8 Å². The molecule has 2 aromatic rings. The molecule has 8 nitrogen and oxygen atoms in total. The minimum Gasteiger partial charge on any atom is -0.393 e. The van der Waals surface area contributed by atoms with Crippen molar-refractivity contribution >= 4 is 31.5 Å². The molecule has 0 unspecified atom stereocenters. The maximum atomic E-state index is 13.1. The van der Waals surface area contributed by atoms with Gasteiger partial charge in [0.15, 0.2) is 9.84 Å². The van der Waals surface area contributed by atoms with Crippen LogP contribution in [0.2, 0.25) is 5.02 Å². The number of benzene rings is 2. The van der Waals surface area contributed by atoms with E-state index in [4.69, 9.17) is 16.9 Å². The number of hydrogen-bond donors (Lipinski definition) is 2. The van der Waals surface area contributed by atoms with E-state index in [1.807, 2.05) is 6.07 Å². The molecule has 1 fully saturated rings. The van der Waals surface area contributed by atoms with Gasteiger partial charge in [-0.05, 0) is 42.5 Å². The zero-order chi connectivity index (χ0) is 24.8. The summed E-state index contributed by atoms with van der Waals surface area (Å²) in [7, 11) is -9.05. The summed E-state index contributed by atoms with van der Waals surface area (Å²) < 4.78 is 91.5. The van der Waals surface area contributed by atoms with Gasteiger partial charge in [0.25, 0.3) is 0 Å². The monoisotopic (exact) mass is 524 g/mol. The van der Waals surface area contributed by atoms with Gasteiger partial charge >= 0.3 is 6.18 Å². The number of aliphatic hydroxyl groups is 2. The molecule has 0 aromatic heterocycles. The third kappa shape index (κ3) is 4.59. The topological polar surface area (TPSA) is 136 Å². The molecule has 2 aromatic carbocycles. The summed E-state index contributed by atoms with van der Waals surface area (Å²) in [4.78, 5) is -1.03. The van der Waals surface area contributed by atoms with Crippen LogP contribution in [0, 0.1) is 11.3 Å². The van der Waals surface area contributed by atoms with Crippen LogP contribution in [-0.2, 0) is 26.0 Å². The minimum atomic E-state index is -4.77. The van der Waals surface area contributed by atoms with Crippen LogP contribution in [0.15, 0.2) is 52.3 Å². The number of sulfone groups is 1. The molecular formula is C19H16ClF3N2O6S2. The van der Waals surface area contributed by atoms with Crippen molar-refractivity contribution in [1.29, 1.82) is 5.26 Å². The summed E-state index contributed by atoms with van der Waals surface area (Å²) in [6.07, 6.45) is -4.77. The molecule has 1 aliphatic heterocycles. The van der Waals surface area contributed by atoms with Crippen LogP contribution in [0.5, 0.6) is 0 Å².